The number of nitrogens with zero attached hydrogens (tertiary/aromatic N) is 1. The van der Waals surface area contributed by atoms with Crippen molar-refractivity contribution in [1.82, 2.24) is 0 Å². The van der Waals surface area contributed by atoms with Crippen LogP contribution >= 0.6 is 15.9 Å². The van der Waals surface area contributed by atoms with E-state index in [2.05, 4.69) is 15.9 Å². The van der Waals surface area contributed by atoms with Gasteiger partial charge < -0.3 is 9.64 Å². The quantitative estimate of drug-likeness (QED) is 0.781. The molecule has 16 heavy (non-hydrogen) atoms. The lowest BCUT2D eigenvalue weighted by Gasteiger charge is -2.30. The van der Waals surface area contributed by atoms with E-state index in [1.165, 1.54) is 0 Å². The van der Waals surface area contributed by atoms with Crippen molar-refractivity contribution >= 4 is 27.5 Å². The van der Waals surface area contributed by atoms with E-state index in [9.17, 15) is 4.79 Å². The third-order valence-electron chi connectivity index (χ3n) is 2.62. The van der Waals surface area contributed by atoms with Crippen LogP contribution in [-0.2, 0) is 4.79 Å². The first-order valence-corrected chi connectivity index (χ1v) is 6.33. The fourth-order valence-electron chi connectivity index (χ4n) is 1.74. The fraction of sp³-hybridized carbons (Fsp3) is 0.417. The number of amides is 1. The first-order chi connectivity index (χ1) is 7.74. The van der Waals surface area contributed by atoms with Crippen LogP contribution in [0, 0.1) is 0 Å². The molecule has 0 spiro atoms. The first-order valence-electron chi connectivity index (χ1n) is 5.41. The van der Waals surface area contributed by atoms with E-state index in [0.717, 1.165) is 17.9 Å². The van der Waals surface area contributed by atoms with Crippen molar-refractivity contribution in [3.63, 3.8) is 0 Å². The average Bonchev–Trinajstić information content (AvgIpc) is 2.36. The first kappa shape index (κ1) is 11.5. The predicted octanol–water partition coefficient (Wildman–Crippen LogP) is 2.59. The number of ether oxygens (including phenoxy) is 1. The monoisotopic (exact) mass is 283 g/mol. The molecule has 0 aromatic heterocycles. The van der Waals surface area contributed by atoms with Crippen molar-refractivity contribution in [3.05, 3.63) is 24.3 Å². The minimum Gasteiger partial charge on any atom is -0.490 e. The van der Waals surface area contributed by atoms with E-state index in [4.69, 9.17) is 4.74 Å². The smallest absolute Gasteiger partial charge is 0.240 e. The number of hydrogen-bond acceptors (Lipinski definition) is 2. The maximum Gasteiger partial charge on any atom is 0.240 e. The predicted molar refractivity (Wildman–Crippen MR) is 67.3 cm³/mol. The fourth-order valence-corrected chi connectivity index (χ4v) is 1.99. The molecular formula is C12H14BrNO2. The summed E-state index contributed by atoms with van der Waals surface area (Å²) >= 11 is 3.40. The van der Waals surface area contributed by atoms with E-state index in [1.807, 2.05) is 31.2 Å². The highest BCUT2D eigenvalue weighted by Gasteiger charge is 2.26. The normalized spacial score (nSPS) is 16.2. The third-order valence-corrected chi connectivity index (χ3v) is 3.66. The Morgan fingerprint density at radius 1 is 1.56 bits per heavy atom. The summed E-state index contributed by atoms with van der Waals surface area (Å²) in [7, 11) is 0. The largest absolute Gasteiger partial charge is 0.490 e. The highest BCUT2D eigenvalue weighted by atomic mass is 79.9. The maximum atomic E-state index is 12.1. The van der Waals surface area contributed by atoms with E-state index in [0.29, 0.717) is 13.2 Å². The SMILES string of the molecule is CCC(Br)C(=O)N1CCOc2ccccc21. The molecule has 1 heterocycles. The number of rotatable bonds is 2. The van der Waals surface area contributed by atoms with Crippen LogP contribution in [0.2, 0.25) is 0 Å². The summed E-state index contributed by atoms with van der Waals surface area (Å²) in [6, 6.07) is 7.65. The zero-order chi connectivity index (χ0) is 11.5. The molecule has 3 nitrogen and oxygen atoms in total. The van der Waals surface area contributed by atoms with Crippen LogP contribution in [0.4, 0.5) is 5.69 Å². The Kier molecular flexibility index (Phi) is 3.49. The highest BCUT2D eigenvalue weighted by Crippen LogP contribution is 2.32. The van der Waals surface area contributed by atoms with Gasteiger partial charge in [-0.05, 0) is 18.6 Å². The summed E-state index contributed by atoms with van der Waals surface area (Å²) in [5.41, 5.74) is 0.872. The van der Waals surface area contributed by atoms with Gasteiger partial charge in [-0.25, -0.2) is 0 Å². The topological polar surface area (TPSA) is 29.5 Å². The van der Waals surface area contributed by atoms with E-state index in [1.54, 1.807) is 4.90 Å². The van der Waals surface area contributed by atoms with E-state index in [-0.39, 0.29) is 10.7 Å². The molecule has 0 saturated heterocycles. The van der Waals surface area contributed by atoms with Crippen LogP contribution in [0.25, 0.3) is 0 Å². The lowest BCUT2D eigenvalue weighted by molar-refractivity contribution is -0.118. The minimum absolute atomic E-state index is 0.109. The van der Waals surface area contributed by atoms with Gasteiger partial charge in [0.25, 0.3) is 0 Å². The lowest BCUT2D eigenvalue weighted by Crippen LogP contribution is -2.41. The Balaban J connectivity index is 2.28. The number of fused-ring (bicyclic) bond motifs is 1. The number of benzene rings is 1. The van der Waals surface area contributed by atoms with Crippen LogP contribution in [0.15, 0.2) is 24.3 Å². The van der Waals surface area contributed by atoms with Crippen LogP contribution in [0.5, 0.6) is 5.75 Å². The summed E-state index contributed by atoms with van der Waals surface area (Å²) in [6.45, 7) is 3.17. The van der Waals surface area contributed by atoms with Crippen molar-refractivity contribution in [3.8, 4) is 5.75 Å². The van der Waals surface area contributed by atoms with Gasteiger partial charge in [-0.3, -0.25) is 4.79 Å². The molecule has 86 valence electrons. The average molecular weight is 284 g/mol. The van der Waals surface area contributed by atoms with Crippen molar-refractivity contribution in [2.75, 3.05) is 18.1 Å². The second kappa shape index (κ2) is 4.87. The van der Waals surface area contributed by atoms with E-state index < -0.39 is 0 Å². The molecule has 1 aromatic rings. The minimum atomic E-state index is -0.112. The molecule has 1 amide bonds. The number of hydrogen-bond donors (Lipinski definition) is 0. The molecule has 0 N–H and O–H groups in total. The molecule has 2 rings (SSSR count). The van der Waals surface area contributed by atoms with Gasteiger partial charge in [-0.15, -0.1) is 0 Å². The number of anilines is 1. The highest BCUT2D eigenvalue weighted by molar-refractivity contribution is 9.10. The molecule has 1 unspecified atom stereocenters. The Bertz CT molecular complexity index is 394. The maximum absolute atomic E-state index is 12.1. The molecule has 0 radical (unpaired) electrons. The Morgan fingerprint density at radius 3 is 3.06 bits per heavy atom. The van der Waals surface area contributed by atoms with Gasteiger partial charge >= 0.3 is 0 Å². The molecule has 4 heteroatoms. The zero-order valence-corrected chi connectivity index (χ0v) is 10.7. The second-order valence-corrected chi connectivity index (χ2v) is 4.79. The zero-order valence-electron chi connectivity index (χ0n) is 9.15. The van der Waals surface area contributed by atoms with Gasteiger partial charge in [-0.2, -0.15) is 0 Å². The molecule has 0 fully saturated rings. The van der Waals surface area contributed by atoms with Crippen LogP contribution < -0.4 is 9.64 Å². The molecule has 1 aliphatic rings. The molecule has 1 atom stereocenters. The summed E-state index contributed by atoms with van der Waals surface area (Å²) < 4.78 is 5.51. The number of carbonyl (C=O) groups is 1. The van der Waals surface area contributed by atoms with Crippen LogP contribution in [0.3, 0.4) is 0 Å². The van der Waals surface area contributed by atoms with Crippen molar-refractivity contribution in [2.24, 2.45) is 0 Å². The van der Waals surface area contributed by atoms with Crippen LogP contribution in [0.1, 0.15) is 13.3 Å². The van der Waals surface area contributed by atoms with Gasteiger partial charge in [0, 0.05) is 0 Å². The van der Waals surface area contributed by atoms with Gasteiger partial charge in [0.2, 0.25) is 5.91 Å². The van der Waals surface area contributed by atoms with Gasteiger partial charge in [0.05, 0.1) is 17.1 Å². The van der Waals surface area contributed by atoms with Gasteiger partial charge in [0.1, 0.15) is 12.4 Å². The number of para-hydroxylation sites is 2. The van der Waals surface area contributed by atoms with Crippen molar-refractivity contribution in [1.29, 1.82) is 0 Å². The van der Waals surface area contributed by atoms with Crippen LogP contribution in [-0.4, -0.2) is 23.9 Å². The van der Waals surface area contributed by atoms with Crippen molar-refractivity contribution < 1.29 is 9.53 Å². The summed E-state index contributed by atoms with van der Waals surface area (Å²) in [4.78, 5) is 13.8. The molecule has 0 saturated carbocycles. The summed E-state index contributed by atoms with van der Waals surface area (Å²) in [6.07, 6.45) is 0.790. The summed E-state index contributed by atoms with van der Waals surface area (Å²) in [5.74, 6) is 0.899. The number of halogens is 1. The molecule has 0 bridgehead atoms. The van der Waals surface area contributed by atoms with Gasteiger partial charge in [0.15, 0.2) is 0 Å². The Morgan fingerprint density at radius 2 is 2.31 bits per heavy atom. The van der Waals surface area contributed by atoms with E-state index >= 15 is 0 Å². The third kappa shape index (κ3) is 2.07. The molecular weight excluding hydrogens is 270 g/mol. The Hall–Kier alpha value is -1.03. The lowest BCUT2D eigenvalue weighted by atomic mass is 10.2. The van der Waals surface area contributed by atoms with Gasteiger partial charge in [-0.1, -0.05) is 35.0 Å². The number of carbonyl (C=O) groups excluding carboxylic acids is 1. The van der Waals surface area contributed by atoms with Crippen molar-refractivity contribution in [2.45, 2.75) is 18.2 Å². The molecule has 0 aliphatic carbocycles. The molecule has 1 aliphatic heterocycles. The second-order valence-electron chi connectivity index (χ2n) is 3.68. The Labute approximate surface area is 104 Å². The number of alkyl halides is 1. The molecule has 1 aromatic carbocycles. The standard InChI is InChI=1S/C12H14BrNO2/c1-2-9(13)12(15)14-7-8-16-11-6-4-3-5-10(11)14/h3-6,9H,2,7-8H2,1H3. The summed E-state index contributed by atoms with van der Waals surface area (Å²) in [5, 5.41) is 0.